The van der Waals surface area contributed by atoms with Gasteiger partial charge in [-0.15, -0.1) is 11.3 Å². The Morgan fingerprint density at radius 2 is 1.95 bits per heavy atom. The van der Waals surface area contributed by atoms with Crippen molar-refractivity contribution >= 4 is 21.4 Å². The van der Waals surface area contributed by atoms with Crippen molar-refractivity contribution in [2.45, 2.75) is 13.2 Å². The minimum absolute atomic E-state index is 0.543. The van der Waals surface area contributed by atoms with Crippen molar-refractivity contribution in [1.82, 2.24) is 0 Å². The highest BCUT2D eigenvalue weighted by Gasteiger charge is 2.06. The van der Waals surface area contributed by atoms with Crippen LogP contribution in [-0.2, 0) is 13.2 Å². The molecule has 0 fully saturated rings. The molecule has 2 aromatic carbocycles. The fourth-order valence-corrected chi connectivity index (χ4v) is 3.15. The number of methoxy groups -OCH3 is 1. The Balaban J connectivity index is 1.81. The molecule has 4 heteroatoms. The Labute approximate surface area is 127 Å². The van der Waals surface area contributed by atoms with E-state index in [-0.39, 0.29) is 0 Å². The molecule has 21 heavy (non-hydrogen) atoms. The SMILES string of the molecule is COc1cccc(OCc2csc3ccc(CN)cc23)c1. The molecule has 0 saturated heterocycles. The Morgan fingerprint density at radius 1 is 1.10 bits per heavy atom. The van der Waals surface area contributed by atoms with Gasteiger partial charge in [-0.25, -0.2) is 0 Å². The van der Waals surface area contributed by atoms with E-state index in [9.17, 15) is 0 Å². The third-order valence-electron chi connectivity index (χ3n) is 3.39. The lowest BCUT2D eigenvalue weighted by Gasteiger charge is -2.07. The quantitative estimate of drug-likeness (QED) is 0.776. The fourth-order valence-electron chi connectivity index (χ4n) is 2.22. The fraction of sp³-hybridized carbons (Fsp3) is 0.176. The average molecular weight is 299 g/mol. The summed E-state index contributed by atoms with van der Waals surface area (Å²) in [5.74, 6) is 1.61. The number of nitrogens with two attached hydrogens (primary N) is 1. The minimum atomic E-state index is 0.543. The predicted molar refractivity (Wildman–Crippen MR) is 87.0 cm³/mol. The summed E-state index contributed by atoms with van der Waals surface area (Å²) in [4.78, 5) is 0. The number of hydrogen-bond donors (Lipinski definition) is 1. The molecular formula is C17H17NO2S. The van der Waals surface area contributed by atoms with Gasteiger partial charge in [-0.3, -0.25) is 0 Å². The number of hydrogen-bond acceptors (Lipinski definition) is 4. The zero-order valence-corrected chi connectivity index (χ0v) is 12.7. The molecule has 0 aliphatic rings. The van der Waals surface area contributed by atoms with Crippen molar-refractivity contribution < 1.29 is 9.47 Å². The highest BCUT2D eigenvalue weighted by molar-refractivity contribution is 7.17. The molecule has 3 nitrogen and oxygen atoms in total. The van der Waals surface area contributed by atoms with Gasteiger partial charge in [0.1, 0.15) is 18.1 Å². The molecule has 0 bridgehead atoms. The minimum Gasteiger partial charge on any atom is -0.497 e. The van der Waals surface area contributed by atoms with E-state index in [1.807, 2.05) is 24.3 Å². The molecule has 2 N–H and O–H groups in total. The molecule has 0 atom stereocenters. The standard InChI is InChI=1S/C17H17NO2S/c1-19-14-3-2-4-15(8-14)20-10-13-11-21-17-6-5-12(9-18)7-16(13)17/h2-8,11H,9-10,18H2,1H3. The topological polar surface area (TPSA) is 44.5 Å². The molecule has 3 rings (SSSR count). The van der Waals surface area contributed by atoms with Crippen molar-refractivity contribution in [3.63, 3.8) is 0 Å². The van der Waals surface area contributed by atoms with Gasteiger partial charge in [0, 0.05) is 22.9 Å². The molecule has 0 unspecified atom stereocenters. The smallest absolute Gasteiger partial charge is 0.123 e. The van der Waals surface area contributed by atoms with Gasteiger partial charge in [-0.1, -0.05) is 12.1 Å². The normalized spacial score (nSPS) is 10.8. The lowest BCUT2D eigenvalue weighted by molar-refractivity contribution is 0.305. The van der Waals surface area contributed by atoms with Crippen molar-refractivity contribution in [3.05, 3.63) is 59.0 Å². The summed E-state index contributed by atoms with van der Waals surface area (Å²) in [6.07, 6.45) is 0. The Morgan fingerprint density at radius 3 is 2.76 bits per heavy atom. The van der Waals surface area contributed by atoms with Crippen molar-refractivity contribution in [3.8, 4) is 11.5 Å². The number of thiophene rings is 1. The number of ether oxygens (including phenoxy) is 2. The lowest BCUT2D eigenvalue weighted by atomic mass is 10.1. The van der Waals surface area contributed by atoms with Crippen LogP contribution in [0.2, 0.25) is 0 Å². The maximum atomic E-state index is 5.87. The van der Waals surface area contributed by atoms with Gasteiger partial charge in [-0.05, 0) is 40.6 Å². The summed E-state index contributed by atoms with van der Waals surface area (Å²) < 4.78 is 12.3. The van der Waals surface area contributed by atoms with Gasteiger partial charge >= 0.3 is 0 Å². The second kappa shape index (κ2) is 6.16. The van der Waals surface area contributed by atoms with Crippen LogP contribution in [0.4, 0.5) is 0 Å². The van der Waals surface area contributed by atoms with Crippen LogP contribution in [-0.4, -0.2) is 7.11 Å². The molecule has 0 amide bonds. The first kappa shape index (κ1) is 13.9. The first-order valence-electron chi connectivity index (χ1n) is 6.76. The first-order chi connectivity index (χ1) is 10.3. The van der Waals surface area contributed by atoms with E-state index in [0.717, 1.165) is 17.1 Å². The van der Waals surface area contributed by atoms with Crippen LogP contribution in [0.1, 0.15) is 11.1 Å². The van der Waals surface area contributed by atoms with E-state index >= 15 is 0 Å². The van der Waals surface area contributed by atoms with E-state index in [2.05, 4.69) is 23.6 Å². The van der Waals surface area contributed by atoms with Crippen molar-refractivity contribution in [1.29, 1.82) is 0 Å². The van der Waals surface area contributed by atoms with Gasteiger partial charge in [-0.2, -0.15) is 0 Å². The zero-order chi connectivity index (χ0) is 14.7. The van der Waals surface area contributed by atoms with E-state index in [1.165, 1.54) is 15.6 Å². The average Bonchev–Trinajstić information content (AvgIpc) is 2.95. The Hall–Kier alpha value is -2.04. The summed E-state index contributed by atoms with van der Waals surface area (Å²) in [7, 11) is 1.65. The summed E-state index contributed by atoms with van der Waals surface area (Å²) in [6.45, 7) is 1.10. The van der Waals surface area contributed by atoms with Gasteiger partial charge in [0.15, 0.2) is 0 Å². The molecule has 108 valence electrons. The third kappa shape index (κ3) is 3.01. The van der Waals surface area contributed by atoms with Crippen LogP contribution >= 0.6 is 11.3 Å². The predicted octanol–water partition coefficient (Wildman–Crippen LogP) is 3.95. The van der Waals surface area contributed by atoms with Crippen LogP contribution in [0.15, 0.2) is 47.8 Å². The van der Waals surface area contributed by atoms with E-state index in [0.29, 0.717) is 13.2 Å². The van der Waals surface area contributed by atoms with E-state index in [4.69, 9.17) is 15.2 Å². The lowest BCUT2D eigenvalue weighted by Crippen LogP contribution is -1.97. The van der Waals surface area contributed by atoms with E-state index < -0.39 is 0 Å². The molecular weight excluding hydrogens is 282 g/mol. The largest absolute Gasteiger partial charge is 0.497 e. The molecule has 0 aliphatic heterocycles. The van der Waals surface area contributed by atoms with Crippen LogP contribution in [0.5, 0.6) is 11.5 Å². The second-order valence-corrected chi connectivity index (χ2v) is 5.67. The second-order valence-electron chi connectivity index (χ2n) is 4.76. The molecule has 3 aromatic rings. The molecule has 1 aromatic heterocycles. The van der Waals surface area contributed by atoms with Crippen molar-refractivity contribution in [2.75, 3.05) is 7.11 Å². The maximum Gasteiger partial charge on any atom is 0.123 e. The van der Waals surface area contributed by atoms with Gasteiger partial charge < -0.3 is 15.2 Å². The van der Waals surface area contributed by atoms with Gasteiger partial charge in [0.05, 0.1) is 7.11 Å². The monoisotopic (exact) mass is 299 g/mol. The first-order valence-corrected chi connectivity index (χ1v) is 7.64. The van der Waals surface area contributed by atoms with E-state index in [1.54, 1.807) is 18.4 Å². The molecule has 0 aliphatic carbocycles. The summed E-state index contributed by atoms with van der Waals surface area (Å²) in [5.41, 5.74) is 8.05. The highest BCUT2D eigenvalue weighted by Crippen LogP contribution is 2.28. The van der Waals surface area contributed by atoms with Crippen LogP contribution in [0.25, 0.3) is 10.1 Å². The highest BCUT2D eigenvalue weighted by atomic mass is 32.1. The molecule has 1 heterocycles. The molecule has 0 saturated carbocycles. The zero-order valence-electron chi connectivity index (χ0n) is 11.8. The number of benzene rings is 2. The summed E-state index contributed by atoms with van der Waals surface area (Å²) >= 11 is 1.73. The number of rotatable bonds is 5. The Kier molecular flexibility index (Phi) is 4.08. The van der Waals surface area contributed by atoms with Crippen LogP contribution in [0.3, 0.4) is 0 Å². The Bertz CT molecular complexity index is 751. The van der Waals surface area contributed by atoms with Crippen molar-refractivity contribution in [2.24, 2.45) is 5.73 Å². The van der Waals surface area contributed by atoms with Gasteiger partial charge in [0.2, 0.25) is 0 Å². The molecule has 0 spiro atoms. The van der Waals surface area contributed by atoms with Crippen LogP contribution in [0, 0.1) is 0 Å². The molecule has 0 radical (unpaired) electrons. The third-order valence-corrected chi connectivity index (χ3v) is 4.40. The van der Waals surface area contributed by atoms with Gasteiger partial charge in [0.25, 0.3) is 0 Å². The van der Waals surface area contributed by atoms with Crippen LogP contribution < -0.4 is 15.2 Å². The summed E-state index contributed by atoms with van der Waals surface area (Å²) in [5, 5.41) is 3.37. The number of fused-ring (bicyclic) bond motifs is 1. The summed E-state index contributed by atoms with van der Waals surface area (Å²) in [6, 6.07) is 14.0. The maximum absolute atomic E-state index is 5.87.